The van der Waals surface area contributed by atoms with Gasteiger partial charge in [-0.3, -0.25) is 9.78 Å². The molecule has 4 nitrogen and oxygen atoms in total. The molecule has 0 saturated carbocycles. The van der Waals surface area contributed by atoms with E-state index in [1.807, 2.05) is 26.8 Å². The quantitative estimate of drug-likeness (QED) is 0.615. The van der Waals surface area contributed by atoms with Crippen molar-refractivity contribution in [3.63, 3.8) is 0 Å². The largest absolute Gasteiger partial charge is 0.615 e. The Morgan fingerprint density at radius 3 is 2.63 bits per heavy atom. The average molecular weight is 283 g/mol. The van der Waals surface area contributed by atoms with Crippen molar-refractivity contribution in [2.75, 3.05) is 6.61 Å². The molecule has 1 aromatic heterocycles. The van der Waals surface area contributed by atoms with Crippen LogP contribution in [-0.2, 0) is 20.7 Å². The third-order valence-electron chi connectivity index (χ3n) is 2.54. The molecule has 1 heterocycles. The average Bonchev–Trinajstić information content (AvgIpc) is 2.35. The first-order valence-electron chi connectivity index (χ1n) is 6.33. The van der Waals surface area contributed by atoms with Crippen molar-refractivity contribution >= 4 is 17.1 Å². The Hall–Kier alpha value is -1.07. The van der Waals surface area contributed by atoms with Crippen LogP contribution in [0.4, 0.5) is 0 Å². The summed E-state index contributed by atoms with van der Waals surface area (Å²) in [4.78, 5) is 15.9. The number of hydrogen-bond acceptors (Lipinski definition) is 4. The second-order valence-corrected chi connectivity index (χ2v) is 7.55. The first-order chi connectivity index (χ1) is 8.86. The number of ether oxygens (including phenoxy) is 1. The van der Waals surface area contributed by atoms with Gasteiger partial charge in [0.25, 0.3) is 0 Å². The molecule has 2 unspecified atom stereocenters. The van der Waals surface area contributed by atoms with E-state index in [9.17, 15) is 9.35 Å². The third kappa shape index (κ3) is 4.84. The summed E-state index contributed by atoms with van der Waals surface area (Å²) in [6.45, 7) is 7.77. The van der Waals surface area contributed by atoms with E-state index in [0.717, 1.165) is 0 Å². The molecule has 0 aromatic carbocycles. The fourth-order valence-electron chi connectivity index (χ4n) is 1.65. The first kappa shape index (κ1) is 16.0. The lowest BCUT2D eigenvalue weighted by Crippen LogP contribution is -2.34. The van der Waals surface area contributed by atoms with E-state index in [1.54, 1.807) is 25.3 Å². The number of pyridine rings is 1. The number of carbonyl (C=O) groups is 1. The number of nitrogens with zero attached hydrogens (tertiary/aromatic N) is 1. The minimum absolute atomic E-state index is 0.0920. The molecule has 0 fully saturated rings. The fourth-order valence-corrected chi connectivity index (χ4v) is 3.15. The summed E-state index contributed by atoms with van der Waals surface area (Å²) in [7, 11) is 0. The van der Waals surface area contributed by atoms with Gasteiger partial charge in [-0.1, -0.05) is 6.07 Å². The number of carbonyl (C=O) groups excluding carboxylic acids is 1. The highest BCUT2D eigenvalue weighted by molar-refractivity contribution is 7.93. The fraction of sp³-hybridized carbons (Fsp3) is 0.571. The SMILES string of the molecule is CCOC(=O)CC(c1ccccn1)[S+]([O-])C(C)(C)C. The zero-order valence-electron chi connectivity index (χ0n) is 11.9. The smallest absolute Gasteiger partial charge is 0.311 e. The van der Waals surface area contributed by atoms with E-state index >= 15 is 0 Å². The van der Waals surface area contributed by atoms with Crippen LogP contribution in [0.5, 0.6) is 0 Å². The molecule has 0 radical (unpaired) electrons. The van der Waals surface area contributed by atoms with Crippen LogP contribution in [0, 0.1) is 0 Å². The van der Waals surface area contributed by atoms with Gasteiger partial charge in [0.15, 0.2) is 5.25 Å². The molecule has 19 heavy (non-hydrogen) atoms. The number of aromatic nitrogens is 1. The van der Waals surface area contributed by atoms with Crippen LogP contribution in [0.1, 0.15) is 45.1 Å². The van der Waals surface area contributed by atoms with Crippen molar-refractivity contribution in [3.05, 3.63) is 30.1 Å². The van der Waals surface area contributed by atoms with E-state index < -0.39 is 21.2 Å². The maximum Gasteiger partial charge on any atom is 0.311 e. The third-order valence-corrected chi connectivity index (χ3v) is 4.67. The molecule has 1 aromatic rings. The maximum absolute atomic E-state index is 12.6. The van der Waals surface area contributed by atoms with Crippen molar-refractivity contribution in [2.24, 2.45) is 0 Å². The number of hydrogen-bond donors (Lipinski definition) is 0. The Balaban J connectivity index is 2.95. The lowest BCUT2D eigenvalue weighted by Gasteiger charge is -2.30. The van der Waals surface area contributed by atoms with Crippen LogP contribution in [-0.4, -0.2) is 26.9 Å². The van der Waals surface area contributed by atoms with Crippen molar-refractivity contribution in [2.45, 2.75) is 44.1 Å². The first-order valence-corrected chi connectivity index (χ1v) is 7.54. The van der Waals surface area contributed by atoms with Crippen molar-refractivity contribution in [1.29, 1.82) is 0 Å². The molecule has 2 atom stereocenters. The van der Waals surface area contributed by atoms with Gasteiger partial charge >= 0.3 is 5.97 Å². The van der Waals surface area contributed by atoms with E-state index in [1.165, 1.54) is 0 Å². The van der Waals surface area contributed by atoms with Crippen molar-refractivity contribution < 1.29 is 14.1 Å². The van der Waals surface area contributed by atoms with Gasteiger partial charge in [-0.2, -0.15) is 0 Å². The summed E-state index contributed by atoms with van der Waals surface area (Å²) in [5, 5.41) is -0.430. The Morgan fingerprint density at radius 2 is 2.16 bits per heavy atom. The molecule has 0 aliphatic heterocycles. The van der Waals surface area contributed by atoms with E-state index in [2.05, 4.69) is 4.98 Å². The highest BCUT2D eigenvalue weighted by Gasteiger charge is 2.37. The molecular formula is C14H21NO3S. The molecule has 0 saturated heterocycles. The Morgan fingerprint density at radius 1 is 1.47 bits per heavy atom. The second kappa shape index (κ2) is 6.91. The number of rotatable bonds is 5. The lowest BCUT2D eigenvalue weighted by molar-refractivity contribution is -0.143. The van der Waals surface area contributed by atoms with Crippen LogP contribution >= 0.6 is 0 Å². The molecule has 0 bridgehead atoms. The minimum Gasteiger partial charge on any atom is -0.615 e. The highest BCUT2D eigenvalue weighted by atomic mass is 32.2. The molecule has 0 aliphatic rings. The van der Waals surface area contributed by atoms with Gasteiger partial charge < -0.3 is 9.29 Å². The molecule has 0 N–H and O–H groups in total. The predicted molar refractivity (Wildman–Crippen MR) is 76.1 cm³/mol. The topological polar surface area (TPSA) is 62.2 Å². The van der Waals surface area contributed by atoms with Gasteiger partial charge in [0.1, 0.15) is 4.75 Å². The molecule has 0 amide bonds. The standard InChI is InChI=1S/C14H21NO3S/c1-5-18-13(16)10-12(19(17)14(2,3)4)11-8-6-7-9-15-11/h6-9,12H,5,10H2,1-4H3. The monoisotopic (exact) mass is 283 g/mol. The van der Waals surface area contributed by atoms with Crippen molar-refractivity contribution in [3.8, 4) is 0 Å². The Labute approximate surface area is 117 Å². The summed E-state index contributed by atoms with van der Waals surface area (Å²) in [5.41, 5.74) is 0.670. The van der Waals surface area contributed by atoms with E-state index in [4.69, 9.17) is 4.74 Å². The zero-order valence-corrected chi connectivity index (χ0v) is 12.7. The van der Waals surface area contributed by atoms with Gasteiger partial charge in [-0.25, -0.2) is 0 Å². The van der Waals surface area contributed by atoms with Crippen LogP contribution in [0.25, 0.3) is 0 Å². The van der Waals surface area contributed by atoms with Gasteiger partial charge in [0.05, 0.1) is 18.7 Å². The predicted octanol–water partition coefficient (Wildman–Crippen LogP) is 2.62. The summed E-state index contributed by atoms with van der Waals surface area (Å²) >= 11 is -1.21. The van der Waals surface area contributed by atoms with Gasteiger partial charge in [0, 0.05) is 6.20 Å². The second-order valence-electron chi connectivity index (χ2n) is 5.16. The minimum atomic E-state index is -1.21. The van der Waals surface area contributed by atoms with Gasteiger partial charge in [0.2, 0.25) is 0 Å². The van der Waals surface area contributed by atoms with Crippen LogP contribution in [0.2, 0.25) is 0 Å². The summed E-state index contributed by atoms with van der Waals surface area (Å²) in [5.74, 6) is -0.337. The molecular weight excluding hydrogens is 262 g/mol. The molecule has 5 heteroatoms. The van der Waals surface area contributed by atoms with Gasteiger partial charge in [-0.15, -0.1) is 0 Å². The number of esters is 1. The molecule has 0 aliphatic carbocycles. The summed E-state index contributed by atoms with van der Waals surface area (Å²) in [6, 6.07) is 5.43. The van der Waals surface area contributed by atoms with Crippen molar-refractivity contribution in [1.82, 2.24) is 4.98 Å². The highest BCUT2D eigenvalue weighted by Crippen LogP contribution is 2.33. The van der Waals surface area contributed by atoms with E-state index in [-0.39, 0.29) is 12.4 Å². The molecule has 1 rings (SSSR count). The Kier molecular flexibility index (Phi) is 5.82. The zero-order chi connectivity index (χ0) is 14.5. The normalized spacial score (nSPS) is 14.8. The molecule has 106 valence electrons. The van der Waals surface area contributed by atoms with Crippen LogP contribution in [0.3, 0.4) is 0 Å². The Bertz CT molecular complexity index is 403. The van der Waals surface area contributed by atoms with Crippen LogP contribution in [0.15, 0.2) is 24.4 Å². The van der Waals surface area contributed by atoms with E-state index in [0.29, 0.717) is 12.3 Å². The lowest BCUT2D eigenvalue weighted by atomic mass is 10.2. The van der Waals surface area contributed by atoms with Gasteiger partial charge in [-0.05, 0) is 51.0 Å². The molecule has 0 spiro atoms. The maximum atomic E-state index is 12.6. The summed E-state index contributed by atoms with van der Waals surface area (Å²) in [6.07, 6.45) is 1.74. The summed E-state index contributed by atoms with van der Waals surface area (Å²) < 4.78 is 17.1. The van der Waals surface area contributed by atoms with Crippen LogP contribution < -0.4 is 0 Å².